The third kappa shape index (κ3) is 3.51. The normalized spacial score (nSPS) is 17.5. The van der Waals surface area contributed by atoms with E-state index >= 15 is 0 Å². The van der Waals surface area contributed by atoms with E-state index < -0.39 is 0 Å². The second-order valence-electron chi connectivity index (χ2n) is 4.36. The molecule has 1 aromatic rings. The maximum Gasteiger partial charge on any atom is 0.115 e. The molecule has 0 spiro atoms. The lowest BCUT2D eigenvalue weighted by atomic mass is 10.1. The van der Waals surface area contributed by atoms with Crippen molar-refractivity contribution in [3.8, 4) is 5.75 Å². The van der Waals surface area contributed by atoms with E-state index in [-0.39, 0.29) is 0 Å². The Kier molecular flexibility index (Phi) is 4.19. The van der Waals surface area contributed by atoms with Crippen LogP contribution in [0, 0.1) is 0 Å². The van der Waals surface area contributed by atoms with Gasteiger partial charge >= 0.3 is 0 Å². The molecule has 0 atom stereocenters. The van der Waals surface area contributed by atoms with Gasteiger partial charge in [0.1, 0.15) is 5.75 Å². The number of hydrogen-bond acceptors (Lipinski definition) is 3. The monoisotopic (exact) mass is 220 g/mol. The second kappa shape index (κ2) is 5.87. The highest BCUT2D eigenvalue weighted by atomic mass is 16.3. The highest BCUT2D eigenvalue weighted by molar-refractivity contribution is 5.25. The van der Waals surface area contributed by atoms with E-state index in [1.165, 1.54) is 31.6 Å². The van der Waals surface area contributed by atoms with Crippen molar-refractivity contribution in [3.63, 3.8) is 0 Å². The van der Waals surface area contributed by atoms with Crippen LogP contribution in [-0.4, -0.2) is 42.7 Å². The molecule has 1 saturated heterocycles. The first kappa shape index (κ1) is 11.4. The topological polar surface area (TPSA) is 35.5 Å². The van der Waals surface area contributed by atoms with Gasteiger partial charge in [-0.2, -0.15) is 0 Å². The van der Waals surface area contributed by atoms with E-state index in [2.05, 4.69) is 10.2 Å². The van der Waals surface area contributed by atoms with Crippen LogP contribution in [-0.2, 0) is 6.42 Å². The highest BCUT2D eigenvalue weighted by Gasteiger charge is 2.08. The summed E-state index contributed by atoms with van der Waals surface area (Å²) in [5, 5.41) is 12.5. The predicted octanol–water partition coefficient (Wildman–Crippen LogP) is 1.23. The minimum atomic E-state index is 0.353. The van der Waals surface area contributed by atoms with E-state index in [9.17, 15) is 5.11 Å². The number of aryl methyl sites for hydroxylation is 1. The van der Waals surface area contributed by atoms with Gasteiger partial charge in [0, 0.05) is 26.2 Å². The molecule has 0 radical (unpaired) electrons. The Morgan fingerprint density at radius 1 is 1.12 bits per heavy atom. The van der Waals surface area contributed by atoms with E-state index in [1.807, 2.05) is 12.1 Å². The zero-order chi connectivity index (χ0) is 11.2. The van der Waals surface area contributed by atoms with Gasteiger partial charge in [-0.25, -0.2) is 0 Å². The minimum absolute atomic E-state index is 0.353. The lowest BCUT2D eigenvalue weighted by molar-refractivity contribution is 0.238. The summed E-state index contributed by atoms with van der Waals surface area (Å²) in [7, 11) is 0. The Morgan fingerprint density at radius 3 is 2.50 bits per heavy atom. The van der Waals surface area contributed by atoms with Gasteiger partial charge in [-0.3, -0.25) is 0 Å². The van der Waals surface area contributed by atoms with Gasteiger partial charge < -0.3 is 15.3 Å². The number of aromatic hydroxyl groups is 1. The Morgan fingerprint density at radius 2 is 1.81 bits per heavy atom. The maximum absolute atomic E-state index is 9.17. The first-order chi connectivity index (χ1) is 7.84. The number of nitrogens with one attached hydrogen (secondary N) is 1. The first-order valence-electron chi connectivity index (χ1n) is 6.05. The summed E-state index contributed by atoms with van der Waals surface area (Å²) < 4.78 is 0. The lowest BCUT2D eigenvalue weighted by Gasteiger charge is -2.27. The fourth-order valence-corrected chi connectivity index (χ4v) is 2.10. The average molecular weight is 220 g/mol. The summed E-state index contributed by atoms with van der Waals surface area (Å²) in [6, 6.07) is 7.54. The average Bonchev–Trinajstić information content (AvgIpc) is 2.33. The van der Waals surface area contributed by atoms with Gasteiger partial charge in [-0.05, 0) is 37.1 Å². The van der Waals surface area contributed by atoms with Crippen LogP contribution in [0.25, 0.3) is 0 Å². The van der Waals surface area contributed by atoms with Crippen LogP contribution in [0.15, 0.2) is 24.3 Å². The molecule has 3 nitrogen and oxygen atoms in total. The van der Waals surface area contributed by atoms with Crippen LogP contribution in [0.1, 0.15) is 12.0 Å². The third-order valence-corrected chi connectivity index (χ3v) is 3.09. The van der Waals surface area contributed by atoms with E-state index in [1.54, 1.807) is 12.1 Å². The number of phenolic OH excluding ortho intramolecular Hbond substituents is 1. The molecule has 3 heteroatoms. The highest BCUT2D eigenvalue weighted by Crippen LogP contribution is 2.11. The fourth-order valence-electron chi connectivity index (χ4n) is 2.10. The molecule has 0 bridgehead atoms. The number of nitrogens with zero attached hydrogens (tertiary/aromatic N) is 1. The van der Waals surface area contributed by atoms with Gasteiger partial charge in [-0.15, -0.1) is 0 Å². The van der Waals surface area contributed by atoms with Crippen molar-refractivity contribution in [2.45, 2.75) is 12.8 Å². The molecule has 0 amide bonds. The molecule has 0 aliphatic carbocycles. The van der Waals surface area contributed by atoms with Crippen LogP contribution in [0.2, 0.25) is 0 Å². The van der Waals surface area contributed by atoms with Crippen molar-refractivity contribution in [1.82, 2.24) is 10.2 Å². The molecule has 16 heavy (non-hydrogen) atoms. The van der Waals surface area contributed by atoms with Crippen molar-refractivity contribution in [1.29, 1.82) is 0 Å². The molecule has 88 valence electrons. The predicted molar refractivity (Wildman–Crippen MR) is 65.7 cm³/mol. The molecule has 0 saturated carbocycles. The molecule has 0 aromatic heterocycles. The Bertz CT molecular complexity index is 304. The van der Waals surface area contributed by atoms with Crippen molar-refractivity contribution in [2.24, 2.45) is 0 Å². The first-order valence-corrected chi connectivity index (χ1v) is 6.05. The zero-order valence-corrected chi connectivity index (χ0v) is 9.65. The molecule has 1 aliphatic rings. The van der Waals surface area contributed by atoms with Crippen LogP contribution >= 0.6 is 0 Å². The summed E-state index contributed by atoms with van der Waals surface area (Å²) in [4.78, 5) is 2.51. The molecule has 0 unspecified atom stereocenters. The van der Waals surface area contributed by atoms with Gasteiger partial charge in [0.2, 0.25) is 0 Å². The van der Waals surface area contributed by atoms with Crippen molar-refractivity contribution in [2.75, 3.05) is 32.7 Å². The molecule has 1 aromatic carbocycles. The van der Waals surface area contributed by atoms with Gasteiger partial charge in [0.15, 0.2) is 0 Å². The zero-order valence-electron chi connectivity index (χ0n) is 9.65. The molecular weight excluding hydrogens is 200 g/mol. The van der Waals surface area contributed by atoms with Crippen molar-refractivity contribution >= 4 is 0 Å². The summed E-state index contributed by atoms with van der Waals surface area (Å²) in [6.07, 6.45) is 2.30. The van der Waals surface area contributed by atoms with Crippen LogP contribution in [0.5, 0.6) is 5.75 Å². The number of rotatable bonds is 4. The lowest BCUT2D eigenvalue weighted by Crippen LogP contribution is -2.43. The molecule has 1 heterocycles. The van der Waals surface area contributed by atoms with Gasteiger partial charge in [-0.1, -0.05) is 12.1 Å². The van der Waals surface area contributed by atoms with Crippen LogP contribution < -0.4 is 5.32 Å². The summed E-state index contributed by atoms with van der Waals surface area (Å²) in [5.74, 6) is 0.353. The quantitative estimate of drug-likeness (QED) is 0.801. The van der Waals surface area contributed by atoms with Gasteiger partial charge in [0.25, 0.3) is 0 Å². The molecule has 1 aliphatic heterocycles. The third-order valence-electron chi connectivity index (χ3n) is 3.09. The SMILES string of the molecule is Oc1ccc(CCCN2CCNCC2)cc1. The standard InChI is InChI=1S/C13H20N2O/c16-13-5-3-12(4-6-13)2-1-9-15-10-7-14-8-11-15/h3-6,14,16H,1-2,7-11H2. The number of benzene rings is 1. The molecule has 2 N–H and O–H groups in total. The fraction of sp³-hybridized carbons (Fsp3) is 0.538. The number of hydrogen-bond donors (Lipinski definition) is 2. The van der Waals surface area contributed by atoms with Crippen LogP contribution in [0.4, 0.5) is 0 Å². The summed E-state index contributed by atoms with van der Waals surface area (Å²) >= 11 is 0. The summed E-state index contributed by atoms with van der Waals surface area (Å²) in [6.45, 7) is 5.78. The second-order valence-corrected chi connectivity index (χ2v) is 4.36. The van der Waals surface area contributed by atoms with Crippen molar-refractivity contribution < 1.29 is 5.11 Å². The minimum Gasteiger partial charge on any atom is -0.508 e. The van der Waals surface area contributed by atoms with E-state index in [4.69, 9.17) is 0 Å². The Hall–Kier alpha value is -1.06. The van der Waals surface area contributed by atoms with E-state index in [0.29, 0.717) is 5.75 Å². The Balaban J connectivity index is 1.69. The smallest absolute Gasteiger partial charge is 0.115 e. The Labute approximate surface area is 97.1 Å². The number of phenols is 1. The molecular formula is C13H20N2O. The van der Waals surface area contributed by atoms with Crippen LogP contribution in [0.3, 0.4) is 0 Å². The summed E-state index contributed by atoms with van der Waals surface area (Å²) in [5.41, 5.74) is 1.31. The maximum atomic E-state index is 9.17. The van der Waals surface area contributed by atoms with Crippen molar-refractivity contribution in [3.05, 3.63) is 29.8 Å². The largest absolute Gasteiger partial charge is 0.508 e. The number of piperazine rings is 1. The van der Waals surface area contributed by atoms with Gasteiger partial charge in [0.05, 0.1) is 0 Å². The molecule has 2 rings (SSSR count). The molecule has 1 fully saturated rings. The van der Waals surface area contributed by atoms with E-state index in [0.717, 1.165) is 19.5 Å².